The highest BCUT2D eigenvalue weighted by molar-refractivity contribution is 6.06. The van der Waals surface area contributed by atoms with Crippen LogP contribution in [0.1, 0.15) is 27.0 Å². The molecule has 0 spiro atoms. The smallest absolute Gasteiger partial charge is 0.261 e. The molecule has 0 aliphatic carbocycles. The summed E-state index contributed by atoms with van der Waals surface area (Å²) >= 11 is 0. The maximum atomic E-state index is 13.1. The molecule has 1 N–H and O–H groups in total. The van der Waals surface area contributed by atoms with E-state index in [1.807, 2.05) is 92.3 Å². The zero-order valence-electron chi connectivity index (χ0n) is 16.2. The summed E-state index contributed by atoms with van der Waals surface area (Å²) < 4.78 is 3.70. The lowest BCUT2D eigenvalue weighted by Crippen LogP contribution is -2.16. The molecule has 5 heteroatoms. The summed E-state index contributed by atoms with van der Waals surface area (Å²) in [6.07, 6.45) is 5.45. The van der Waals surface area contributed by atoms with Crippen LogP contribution in [0.5, 0.6) is 0 Å². The molecule has 0 atom stereocenters. The Balaban J connectivity index is 1.78. The number of aromatic nitrogens is 3. The van der Waals surface area contributed by atoms with E-state index in [9.17, 15) is 4.79 Å². The van der Waals surface area contributed by atoms with Gasteiger partial charge >= 0.3 is 0 Å². The number of nitrogens with one attached hydrogen (secondary N) is 1. The van der Waals surface area contributed by atoms with Gasteiger partial charge in [0.1, 0.15) is 5.56 Å². The van der Waals surface area contributed by atoms with Crippen LogP contribution in [0, 0.1) is 20.8 Å². The van der Waals surface area contributed by atoms with Crippen molar-refractivity contribution in [3.05, 3.63) is 95.4 Å². The van der Waals surface area contributed by atoms with Crippen LogP contribution in [-0.4, -0.2) is 20.3 Å². The van der Waals surface area contributed by atoms with Gasteiger partial charge in [0.15, 0.2) is 5.82 Å². The van der Waals surface area contributed by atoms with Crippen molar-refractivity contribution in [3.8, 4) is 11.5 Å². The molecule has 0 unspecified atom stereocenters. The van der Waals surface area contributed by atoms with Crippen LogP contribution in [0.15, 0.2) is 73.2 Å². The number of nitrogens with zero attached hydrogens (tertiary/aromatic N) is 3. The molecule has 4 rings (SSSR count). The number of aryl methyl sites for hydroxylation is 3. The van der Waals surface area contributed by atoms with Crippen LogP contribution in [0.25, 0.3) is 11.5 Å². The first kappa shape index (κ1) is 17.8. The molecule has 0 saturated carbocycles. The lowest BCUT2D eigenvalue weighted by molar-refractivity contribution is 0.102. The van der Waals surface area contributed by atoms with Gasteiger partial charge in [-0.3, -0.25) is 4.79 Å². The van der Waals surface area contributed by atoms with Crippen molar-refractivity contribution < 1.29 is 4.79 Å². The van der Waals surface area contributed by atoms with Crippen molar-refractivity contribution >= 4 is 11.6 Å². The van der Waals surface area contributed by atoms with Crippen LogP contribution in [-0.2, 0) is 0 Å². The minimum Gasteiger partial charge on any atom is -0.322 e. The Bertz CT molecular complexity index is 1120. The van der Waals surface area contributed by atoms with Crippen LogP contribution in [0.4, 0.5) is 5.69 Å². The van der Waals surface area contributed by atoms with Gasteiger partial charge in [0.25, 0.3) is 5.91 Å². The van der Waals surface area contributed by atoms with Gasteiger partial charge in [-0.05, 0) is 62.2 Å². The number of carbonyl (C=O) groups is 1. The van der Waals surface area contributed by atoms with Gasteiger partial charge in [0, 0.05) is 18.1 Å². The molecule has 2 aromatic heterocycles. The fourth-order valence-corrected chi connectivity index (χ4v) is 3.16. The number of rotatable bonds is 4. The Labute approximate surface area is 164 Å². The lowest BCUT2D eigenvalue weighted by Gasteiger charge is -2.12. The molecule has 1 amide bonds. The summed E-state index contributed by atoms with van der Waals surface area (Å²) in [6.45, 7) is 6.04. The molecule has 0 radical (unpaired) electrons. The zero-order valence-corrected chi connectivity index (χ0v) is 16.2. The van der Waals surface area contributed by atoms with E-state index in [0.29, 0.717) is 11.4 Å². The van der Waals surface area contributed by atoms with Crippen LogP contribution >= 0.6 is 0 Å². The van der Waals surface area contributed by atoms with Gasteiger partial charge in [-0.25, -0.2) is 4.68 Å². The fourth-order valence-electron chi connectivity index (χ4n) is 3.16. The number of amides is 1. The first-order valence-electron chi connectivity index (χ1n) is 9.20. The average molecular weight is 370 g/mol. The quantitative estimate of drug-likeness (QED) is 0.559. The Kier molecular flexibility index (Phi) is 4.57. The standard InChI is InChI=1S/C23H22N4O/c1-16-7-10-19(11-8-16)27-23(26-12-4-5-13-26)20(15-24-27)22(28)25-21-14-17(2)6-9-18(21)3/h4-15H,1-3H3,(H,25,28). The molecule has 5 nitrogen and oxygen atoms in total. The van der Waals surface area contributed by atoms with Crippen LogP contribution in [0.3, 0.4) is 0 Å². The number of anilines is 1. The molecule has 0 saturated heterocycles. The zero-order chi connectivity index (χ0) is 19.7. The average Bonchev–Trinajstić information content (AvgIpc) is 3.34. The molecule has 4 aromatic rings. The molecule has 140 valence electrons. The van der Waals surface area contributed by atoms with Crippen LogP contribution < -0.4 is 5.32 Å². The SMILES string of the molecule is Cc1ccc(-n2ncc(C(=O)Nc3cc(C)ccc3C)c2-n2cccc2)cc1. The van der Waals surface area contributed by atoms with E-state index in [1.165, 1.54) is 5.56 Å². The first-order valence-corrected chi connectivity index (χ1v) is 9.20. The molecule has 0 bridgehead atoms. The van der Waals surface area contributed by atoms with Crippen molar-refractivity contribution in [3.63, 3.8) is 0 Å². The van der Waals surface area contributed by atoms with E-state index in [1.54, 1.807) is 10.9 Å². The normalized spacial score (nSPS) is 10.8. The summed E-state index contributed by atoms with van der Waals surface area (Å²) in [6, 6.07) is 18.0. The van der Waals surface area contributed by atoms with Gasteiger partial charge in [-0.1, -0.05) is 29.8 Å². The molecule has 0 aliphatic heterocycles. The number of benzene rings is 2. The summed E-state index contributed by atoms with van der Waals surface area (Å²) in [7, 11) is 0. The highest BCUT2D eigenvalue weighted by Crippen LogP contribution is 2.23. The molecule has 2 heterocycles. The predicted octanol–water partition coefficient (Wildman–Crippen LogP) is 4.84. The maximum absolute atomic E-state index is 13.1. The largest absolute Gasteiger partial charge is 0.322 e. The molecular weight excluding hydrogens is 348 g/mol. The summed E-state index contributed by atoms with van der Waals surface area (Å²) in [5.41, 5.74) is 5.52. The van der Waals surface area contributed by atoms with Crippen molar-refractivity contribution in [1.29, 1.82) is 0 Å². The maximum Gasteiger partial charge on any atom is 0.261 e. The van der Waals surface area contributed by atoms with Gasteiger partial charge in [-0.15, -0.1) is 0 Å². The predicted molar refractivity (Wildman–Crippen MR) is 111 cm³/mol. The second-order valence-electron chi connectivity index (χ2n) is 6.99. The number of hydrogen-bond acceptors (Lipinski definition) is 2. The first-order chi connectivity index (χ1) is 13.5. The fraction of sp³-hybridized carbons (Fsp3) is 0.130. The van der Waals surface area contributed by atoms with E-state index in [4.69, 9.17) is 0 Å². The third kappa shape index (κ3) is 3.34. The summed E-state index contributed by atoms with van der Waals surface area (Å²) in [5.74, 6) is 0.521. The minimum absolute atomic E-state index is 0.184. The summed E-state index contributed by atoms with van der Waals surface area (Å²) in [4.78, 5) is 13.1. The Morgan fingerprint density at radius 1 is 0.929 bits per heavy atom. The molecule has 2 aromatic carbocycles. The van der Waals surface area contributed by atoms with Gasteiger partial charge in [-0.2, -0.15) is 5.10 Å². The topological polar surface area (TPSA) is 51.9 Å². The highest BCUT2D eigenvalue weighted by Gasteiger charge is 2.20. The van der Waals surface area contributed by atoms with Gasteiger partial charge in [0.2, 0.25) is 0 Å². The van der Waals surface area contributed by atoms with E-state index in [2.05, 4.69) is 10.4 Å². The molecule has 0 aliphatic rings. The second-order valence-corrected chi connectivity index (χ2v) is 6.99. The van der Waals surface area contributed by atoms with E-state index in [-0.39, 0.29) is 5.91 Å². The number of carbonyl (C=O) groups excluding carboxylic acids is 1. The van der Waals surface area contributed by atoms with E-state index in [0.717, 1.165) is 22.5 Å². The van der Waals surface area contributed by atoms with Crippen molar-refractivity contribution in [1.82, 2.24) is 14.3 Å². The van der Waals surface area contributed by atoms with Crippen molar-refractivity contribution in [2.45, 2.75) is 20.8 Å². The Morgan fingerprint density at radius 3 is 2.32 bits per heavy atom. The monoisotopic (exact) mass is 370 g/mol. The third-order valence-electron chi connectivity index (χ3n) is 4.76. The van der Waals surface area contributed by atoms with Crippen molar-refractivity contribution in [2.24, 2.45) is 0 Å². The highest BCUT2D eigenvalue weighted by atomic mass is 16.1. The third-order valence-corrected chi connectivity index (χ3v) is 4.76. The Morgan fingerprint density at radius 2 is 1.61 bits per heavy atom. The second kappa shape index (κ2) is 7.19. The van der Waals surface area contributed by atoms with Gasteiger partial charge in [0.05, 0.1) is 11.9 Å². The van der Waals surface area contributed by atoms with Gasteiger partial charge < -0.3 is 9.88 Å². The van der Waals surface area contributed by atoms with Crippen LogP contribution in [0.2, 0.25) is 0 Å². The number of hydrogen-bond donors (Lipinski definition) is 1. The Hall–Kier alpha value is -3.60. The summed E-state index contributed by atoms with van der Waals surface area (Å²) in [5, 5.41) is 7.55. The molecular formula is C23H22N4O. The van der Waals surface area contributed by atoms with E-state index < -0.39 is 0 Å². The molecule has 0 fully saturated rings. The van der Waals surface area contributed by atoms with E-state index >= 15 is 0 Å². The minimum atomic E-state index is -0.184. The van der Waals surface area contributed by atoms with Crippen molar-refractivity contribution in [2.75, 3.05) is 5.32 Å². The lowest BCUT2D eigenvalue weighted by atomic mass is 10.1. The molecule has 28 heavy (non-hydrogen) atoms.